The van der Waals surface area contributed by atoms with Gasteiger partial charge in [0.15, 0.2) is 0 Å². The molecule has 0 atom stereocenters. The molecule has 0 aliphatic carbocycles. The van der Waals surface area contributed by atoms with Gasteiger partial charge in [0.1, 0.15) is 0 Å². The lowest BCUT2D eigenvalue weighted by atomic mass is 10.1. The minimum absolute atomic E-state index is 0.0681. The van der Waals surface area contributed by atoms with Crippen LogP contribution in [0.4, 0.5) is 11.4 Å². The van der Waals surface area contributed by atoms with Gasteiger partial charge in [0, 0.05) is 43.5 Å². The van der Waals surface area contributed by atoms with Crippen molar-refractivity contribution in [3.8, 4) is 0 Å². The third kappa shape index (κ3) is 4.23. The highest BCUT2D eigenvalue weighted by molar-refractivity contribution is 6.06. The first kappa shape index (κ1) is 18.0. The smallest absolute Gasteiger partial charge is 0.303 e. The molecule has 0 spiro atoms. The fraction of sp³-hybridized carbons (Fsp3) is 0.333. The van der Waals surface area contributed by atoms with Crippen LogP contribution in [0.3, 0.4) is 0 Å². The van der Waals surface area contributed by atoms with Crippen LogP contribution in [-0.4, -0.2) is 37.1 Å². The molecule has 2 aromatic rings. The van der Waals surface area contributed by atoms with Crippen LogP contribution in [-0.2, 0) is 11.2 Å². The van der Waals surface area contributed by atoms with Gasteiger partial charge >= 0.3 is 5.97 Å². The third-order valence-electron chi connectivity index (χ3n) is 4.79. The van der Waals surface area contributed by atoms with Crippen molar-refractivity contribution < 1.29 is 14.7 Å². The Balaban J connectivity index is 1.76. The van der Waals surface area contributed by atoms with Crippen molar-refractivity contribution in [2.45, 2.75) is 25.7 Å². The lowest BCUT2D eigenvalue weighted by Crippen LogP contribution is -2.27. The third-order valence-corrected chi connectivity index (χ3v) is 4.79. The largest absolute Gasteiger partial charge is 0.481 e. The van der Waals surface area contributed by atoms with Crippen molar-refractivity contribution in [3.63, 3.8) is 0 Å². The van der Waals surface area contributed by atoms with Gasteiger partial charge in [0.2, 0.25) is 0 Å². The number of hydrogen-bond donors (Lipinski definition) is 1. The van der Waals surface area contributed by atoms with Crippen molar-refractivity contribution in [3.05, 3.63) is 59.7 Å². The van der Waals surface area contributed by atoms with Crippen LogP contribution in [0.1, 0.15) is 35.2 Å². The summed E-state index contributed by atoms with van der Waals surface area (Å²) in [5.41, 5.74) is 3.43. The van der Waals surface area contributed by atoms with Crippen molar-refractivity contribution in [1.29, 1.82) is 0 Å². The first-order valence-corrected chi connectivity index (χ1v) is 8.98. The van der Waals surface area contributed by atoms with Gasteiger partial charge in [-0.05, 0) is 55.2 Å². The number of carbonyl (C=O) groups is 2. The van der Waals surface area contributed by atoms with E-state index >= 15 is 0 Å². The zero-order valence-corrected chi connectivity index (χ0v) is 15.0. The SMILES string of the molecule is CN(C(=O)c1cccc(N2CCCC2)c1)c1cccc(CCC(=O)O)c1. The molecule has 136 valence electrons. The number of carboxylic acid groups (broad SMARTS) is 1. The van der Waals surface area contributed by atoms with E-state index in [0.29, 0.717) is 12.0 Å². The summed E-state index contributed by atoms with van der Waals surface area (Å²) in [4.78, 5) is 27.6. The molecule has 0 radical (unpaired) electrons. The molecule has 5 heteroatoms. The highest BCUT2D eigenvalue weighted by atomic mass is 16.4. The highest BCUT2D eigenvalue weighted by Gasteiger charge is 2.17. The topological polar surface area (TPSA) is 60.9 Å². The van der Waals surface area contributed by atoms with Crippen LogP contribution in [0.25, 0.3) is 0 Å². The first-order valence-electron chi connectivity index (χ1n) is 8.98. The van der Waals surface area contributed by atoms with Gasteiger partial charge in [-0.15, -0.1) is 0 Å². The Kier molecular flexibility index (Phi) is 5.56. The quantitative estimate of drug-likeness (QED) is 0.863. The van der Waals surface area contributed by atoms with Gasteiger partial charge in [-0.25, -0.2) is 0 Å². The molecule has 0 bridgehead atoms. The monoisotopic (exact) mass is 352 g/mol. The first-order chi connectivity index (χ1) is 12.5. The number of benzene rings is 2. The Morgan fingerprint density at radius 1 is 1.08 bits per heavy atom. The number of nitrogens with zero attached hydrogens (tertiary/aromatic N) is 2. The van der Waals surface area contributed by atoms with Crippen molar-refractivity contribution >= 4 is 23.3 Å². The lowest BCUT2D eigenvalue weighted by molar-refractivity contribution is -0.136. The summed E-state index contributed by atoms with van der Waals surface area (Å²) in [5.74, 6) is -0.889. The molecule has 26 heavy (non-hydrogen) atoms. The predicted octanol–water partition coefficient (Wildman–Crippen LogP) is 3.58. The molecule has 1 amide bonds. The van der Waals surface area contributed by atoms with Gasteiger partial charge in [-0.2, -0.15) is 0 Å². The van der Waals surface area contributed by atoms with Crippen LogP contribution < -0.4 is 9.80 Å². The summed E-state index contributed by atoms with van der Waals surface area (Å²) in [6.45, 7) is 2.08. The van der Waals surface area contributed by atoms with Crippen LogP contribution >= 0.6 is 0 Å². The molecule has 0 aromatic heterocycles. The molecule has 0 unspecified atom stereocenters. The molecular weight excluding hydrogens is 328 g/mol. The van der Waals surface area contributed by atoms with Crippen molar-refractivity contribution in [1.82, 2.24) is 0 Å². The Morgan fingerprint density at radius 2 is 1.81 bits per heavy atom. The number of rotatable bonds is 6. The number of hydrogen-bond acceptors (Lipinski definition) is 3. The van der Waals surface area contributed by atoms with Crippen LogP contribution in [0.2, 0.25) is 0 Å². The van der Waals surface area contributed by atoms with Crippen LogP contribution in [0, 0.1) is 0 Å². The number of anilines is 2. The summed E-state index contributed by atoms with van der Waals surface area (Å²) in [7, 11) is 1.75. The molecular formula is C21H24N2O3. The minimum Gasteiger partial charge on any atom is -0.481 e. The number of carbonyl (C=O) groups excluding carboxylic acids is 1. The zero-order chi connectivity index (χ0) is 18.5. The van der Waals surface area contributed by atoms with E-state index in [1.807, 2.05) is 42.5 Å². The zero-order valence-electron chi connectivity index (χ0n) is 15.0. The molecule has 1 heterocycles. The van der Waals surface area contributed by atoms with Gasteiger partial charge in [0.25, 0.3) is 5.91 Å². The average molecular weight is 352 g/mol. The number of aliphatic carboxylic acids is 1. The lowest BCUT2D eigenvalue weighted by Gasteiger charge is -2.21. The fourth-order valence-corrected chi connectivity index (χ4v) is 3.29. The molecule has 5 nitrogen and oxygen atoms in total. The Labute approximate surface area is 153 Å². The van der Waals surface area contributed by atoms with E-state index in [2.05, 4.69) is 11.0 Å². The minimum atomic E-state index is -0.821. The normalized spacial score (nSPS) is 13.7. The highest BCUT2D eigenvalue weighted by Crippen LogP contribution is 2.23. The maximum atomic E-state index is 12.9. The summed E-state index contributed by atoms with van der Waals surface area (Å²) in [6.07, 6.45) is 2.93. The molecule has 1 aliphatic rings. The number of amides is 1. The van der Waals surface area contributed by atoms with Crippen LogP contribution in [0.15, 0.2) is 48.5 Å². The summed E-state index contributed by atoms with van der Waals surface area (Å²) >= 11 is 0. The number of aryl methyl sites for hydroxylation is 1. The average Bonchev–Trinajstić information content (AvgIpc) is 3.20. The van der Waals surface area contributed by atoms with Gasteiger partial charge in [0.05, 0.1) is 0 Å². The molecule has 0 saturated carbocycles. The second kappa shape index (κ2) is 8.04. The summed E-state index contributed by atoms with van der Waals surface area (Å²) in [5, 5.41) is 8.84. The molecule has 1 fully saturated rings. The van der Waals surface area contributed by atoms with Crippen LogP contribution in [0.5, 0.6) is 0 Å². The maximum absolute atomic E-state index is 12.9. The summed E-state index contributed by atoms with van der Waals surface area (Å²) < 4.78 is 0. The van der Waals surface area contributed by atoms with E-state index in [0.717, 1.165) is 30.0 Å². The predicted molar refractivity (Wildman–Crippen MR) is 103 cm³/mol. The van der Waals surface area contributed by atoms with Crippen molar-refractivity contribution in [2.24, 2.45) is 0 Å². The standard InChI is InChI=1S/C21H24N2O3/c1-22(18-8-4-6-16(14-18)10-11-20(24)25)21(26)17-7-5-9-19(15-17)23-12-2-3-13-23/h4-9,14-15H,2-3,10-13H2,1H3,(H,24,25). The van der Waals surface area contributed by atoms with E-state index in [1.54, 1.807) is 11.9 Å². The van der Waals surface area contributed by atoms with Gasteiger partial charge < -0.3 is 14.9 Å². The second-order valence-corrected chi connectivity index (χ2v) is 6.67. The van der Waals surface area contributed by atoms with Gasteiger partial charge in [-0.1, -0.05) is 18.2 Å². The van der Waals surface area contributed by atoms with Crippen molar-refractivity contribution in [2.75, 3.05) is 29.9 Å². The number of carboxylic acids is 1. The second-order valence-electron chi connectivity index (χ2n) is 6.67. The molecule has 1 N–H and O–H groups in total. The Bertz CT molecular complexity index is 797. The van der Waals surface area contributed by atoms with Gasteiger partial charge in [-0.3, -0.25) is 9.59 Å². The van der Waals surface area contributed by atoms with E-state index in [-0.39, 0.29) is 12.3 Å². The van der Waals surface area contributed by atoms with E-state index < -0.39 is 5.97 Å². The Hall–Kier alpha value is -2.82. The Morgan fingerprint density at radius 3 is 2.54 bits per heavy atom. The van der Waals surface area contributed by atoms with E-state index in [4.69, 9.17) is 5.11 Å². The van der Waals surface area contributed by atoms with E-state index in [9.17, 15) is 9.59 Å². The molecule has 1 saturated heterocycles. The fourth-order valence-electron chi connectivity index (χ4n) is 3.29. The maximum Gasteiger partial charge on any atom is 0.303 e. The summed E-state index contributed by atoms with van der Waals surface area (Å²) in [6, 6.07) is 15.3. The molecule has 2 aromatic carbocycles. The molecule has 1 aliphatic heterocycles. The molecule has 3 rings (SSSR count). The van der Waals surface area contributed by atoms with E-state index in [1.165, 1.54) is 12.8 Å².